The van der Waals surface area contributed by atoms with E-state index in [0.29, 0.717) is 5.41 Å². The van der Waals surface area contributed by atoms with Crippen molar-refractivity contribution in [2.75, 3.05) is 6.61 Å². The number of Topliss-reactive ketones (excluding diaryl/α,β-unsaturated/α-hetero) is 2. The van der Waals surface area contributed by atoms with E-state index in [9.17, 15) is 22.8 Å². The SMILES string of the molecule is C=CS(=O)(=O)OC(C)(C)C(=O)CCC(=O)C(=[N+]=[N-])C(=O)OCC. The Bertz CT molecular complexity index is 658. The van der Waals surface area contributed by atoms with E-state index < -0.39 is 51.8 Å². The molecular weight excluding hydrogens is 328 g/mol. The van der Waals surface area contributed by atoms with Gasteiger partial charge in [0.2, 0.25) is 0 Å². The standard InChI is InChI=1S/C13H18N2O7S/c1-5-21-12(18)11(15-14)9(16)7-8-10(17)13(3,4)22-23(19,20)6-2/h6H,2,5,7-8H2,1,3-4H3. The van der Waals surface area contributed by atoms with Crippen LogP contribution in [0.1, 0.15) is 33.6 Å². The number of nitrogens with zero attached hydrogens (tertiary/aromatic N) is 2. The Labute approximate surface area is 134 Å². The molecule has 128 valence electrons. The van der Waals surface area contributed by atoms with Crippen molar-refractivity contribution in [1.29, 1.82) is 0 Å². The molecule has 10 heteroatoms. The number of ether oxygens (including phenoxy) is 1. The molecule has 0 amide bonds. The van der Waals surface area contributed by atoms with E-state index in [-0.39, 0.29) is 6.61 Å². The van der Waals surface area contributed by atoms with E-state index in [1.165, 1.54) is 20.8 Å². The van der Waals surface area contributed by atoms with Gasteiger partial charge in [0.15, 0.2) is 5.78 Å². The summed E-state index contributed by atoms with van der Waals surface area (Å²) >= 11 is 0. The van der Waals surface area contributed by atoms with E-state index >= 15 is 0 Å². The third-order valence-electron chi connectivity index (χ3n) is 2.61. The summed E-state index contributed by atoms with van der Waals surface area (Å²) in [7, 11) is -4.08. The number of carbonyl (C=O) groups is 3. The lowest BCUT2D eigenvalue weighted by Crippen LogP contribution is -2.37. The van der Waals surface area contributed by atoms with Gasteiger partial charge in [-0.15, -0.1) is 0 Å². The maximum absolute atomic E-state index is 12.0. The molecule has 0 aliphatic carbocycles. The number of rotatable bonds is 10. The highest BCUT2D eigenvalue weighted by atomic mass is 32.2. The van der Waals surface area contributed by atoms with Crippen molar-refractivity contribution in [1.82, 2.24) is 0 Å². The monoisotopic (exact) mass is 346 g/mol. The topological polar surface area (TPSA) is 140 Å². The summed E-state index contributed by atoms with van der Waals surface area (Å²) < 4.78 is 31.8. The Kier molecular flexibility index (Phi) is 7.67. The van der Waals surface area contributed by atoms with Crippen LogP contribution < -0.4 is 0 Å². The molecule has 0 unspecified atom stereocenters. The molecule has 0 aromatic heterocycles. The molecule has 0 aromatic carbocycles. The molecule has 0 aliphatic rings. The fourth-order valence-electron chi connectivity index (χ4n) is 1.43. The van der Waals surface area contributed by atoms with Crippen molar-refractivity contribution < 1.29 is 36.5 Å². The Hall–Kier alpha value is -2.16. The maximum Gasteiger partial charge on any atom is 0.441 e. The smallest absolute Gasteiger partial charge is 0.441 e. The highest BCUT2D eigenvalue weighted by Gasteiger charge is 2.36. The van der Waals surface area contributed by atoms with E-state index in [0.717, 1.165) is 0 Å². The predicted molar refractivity (Wildman–Crippen MR) is 78.8 cm³/mol. The van der Waals surface area contributed by atoms with Crippen LogP contribution in [-0.2, 0) is 33.4 Å². The number of ketones is 2. The fraction of sp³-hybridized carbons (Fsp3) is 0.538. The van der Waals surface area contributed by atoms with Gasteiger partial charge in [-0.2, -0.15) is 13.2 Å². The molecule has 0 fully saturated rings. The minimum absolute atomic E-state index is 0.0235. The van der Waals surface area contributed by atoms with Crippen molar-refractivity contribution in [2.45, 2.75) is 39.2 Å². The summed E-state index contributed by atoms with van der Waals surface area (Å²) in [6.45, 7) is 6.96. The zero-order valence-electron chi connectivity index (χ0n) is 13.1. The summed E-state index contributed by atoms with van der Waals surface area (Å²) in [6, 6.07) is 0. The van der Waals surface area contributed by atoms with Gasteiger partial charge < -0.3 is 10.3 Å². The normalized spacial score (nSPS) is 11.3. The second kappa shape index (κ2) is 8.47. The van der Waals surface area contributed by atoms with E-state index in [4.69, 9.17) is 5.53 Å². The van der Waals surface area contributed by atoms with Gasteiger partial charge in [-0.3, -0.25) is 13.8 Å². The minimum Gasteiger partial charge on any atom is -0.457 e. The maximum atomic E-state index is 12.0. The van der Waals surface area contributed by atoms with Gasteiger partial charge in [-0.05, 0) is 20.8 Å². The van der Waals surface area contributed by atoms with Crippen molar-refractivity contribution >= 4 is 33.4 Å². The van der Waals surface area contributed by atoms with Crippen molar-refractivity contribution in [3.05, 3.63) is 17.5 Å². The molecule has 0 heterocycles. The number of hydrogen-bond acceptors (Lipinski definition) is 7. The summed E-state index contributed by atoms with van der Waals surface area (Å²) in [5, 5.41) is 0.546. The van der Waals surface area contributed by atoms with Crippen LogP contribution in [0.15, 0.2) is 12.0 Å². The van der Waals surface area contributed by atoms with Gasteiger partial charge in [-0.25, -0.2) is 4.79 Å². The van der Waals surface area contributed by atoms with E-state index in [1.54, 1.807) is 0 Å². The molecule has 9 nitrogen and oxygen atoms in total. The molecule has 0 aliphatic heterocycles. The molecule has 0 saturated heterocycles. The van der Waals surface area contributed by atoms with Gasteiger partial charge in [-0.1, -0.05) is 6.58 Å². The first-order chi connectivity index (χ1) is 10.5. The molecule has 0 spiro atoms. The highest BCUT2D eigenvalue weighted by molar-refractivity contribution is 7.89. The Morgan fingerprint density at radius 1 is 1.26 bits per heavy atom. The number of hydrogen-bond donors (Lipinski definition) is 0. The van der Waals surface area contributed by atoms with Gasteiger partial charge in [0.1, 0.15) is 5.60 Å². The van der Waals surface area contributed by atoms with Crippen LogP contribution in [0, 0.1) is 0 Å². The second-order valence-electron chi connectivity index (χ2n) is 4.77. The highest BCUT2D eigenvalue weighted by Crippen LogP contribution is 2.18. The molecular formula is C13H18N2O7S. The lowest BCUT2D eigenvalue weighted by atomic mass is 9.98. The lowest BCUT2D eigenvalue weighted by molar-refractivity contribution is -0.142. The molecule has 0 radical (unpaired) electrons. The minimum atomic E-state index is -4.08. The van der Waals surface area contributed by atoms with Gasteiger partial charge in [0.05, 0.1) is 12.0 Å². The average Bonchev–Trinajstić information content (AvgIpc) is 2.44. The third-order valence-corrected chi connectivity index (χ3v) is 3.67. The van der Waals surface area contributed by atoms with Crippen LogP contribution >= 0.6 is 0 Å². The largest absolute Gasteiger partial charge is 0.457 e. The van der Waals surface area contributed by atoms with Crippen molar-refractivity contribution in [3.8, 4) is 0 Å². The average molecular weight is 346 g/mol. The quantitative estimate of drug-likeness (QED) is 0.139. The number of esters is 1. The summed E-state index contributed by atoms with van der Waals surface area (Å²) in [5.41, 5.74) is 6.12. The Morgan fingerprint density at radius 2 is 1.83 bits per heavy atom. The molecule has 23 heavy (non-hydrogen) atoms. The summed E-state index contributed by atoms with van der Waals surface area (Å²) in [6.07, 6.45) is -0.894. The molecule has 0 saturated carbocycles. The number of carbonyl (C=O) groups excluding carboxylic acids is 3. The van der Waals surface area contributed by atoms with Crippen LogP contribution in [-0.4, -0.2) is 48.7 Å². The lowest BCUT2D eigenvalue weighted by Gasteiger charge is -2.21. The zero-order valence-corrected chi connectivity index (χ0v) is 13.9. The van der Waals surface area contributed by atoms with Crippen LogP contribution in [0.4, 0.5) is 0 Å². The van der Waals surface area contributed by atoms with Crippen molar-refractivity contribution in [2.24, 2.45) is 0 Å². The summed E-state index contributed by atoms with van der Waals surface area (Å²) in [5.74, 6) is -2.73. The predicted octanol–water partition coefficient (Wildman–Crippen LogP) is 0.407. The first-order valence-corrected chi connectivity index (χ1v) is 8.01. The van der Waals surface area contributed by atoms with E-state index in [1.807, 2.05) is 0 Å². The molecule has 0 N–H and O–H groups in total. The molecule has 0 aromatic rings. The summed E-state index contributed by atoms with van der Waals surface area (Å²) in [4.78, 5) is 37.6. The second-order valence-corrected chi connectivity index (χ2v) is 6.25. The van der Waals surface area contributed by atoms with E-state index in [2.05, 4.69) is 20.3 Å². The first-order valence-electron chi connectivity index (χ1n) is 6.54. The van der Waals surface area contributed by atoms with Gasteiger partial charge in [0, 0.05) is 12.8 Å². The fourth-order valence-corrected chi connectivity index (χ4v) is 2.17. The first kappa shape index (κ1) is 20.8. The van der Waals surface area contributed by atoms with Gasteiger partial charge in [0.25, 0.3) is 15.9 Å². The zero-order chi connectivity index (χ0) is 18.3. The van der Waals surface area contributed by atoms with Gasteiger partial charge >= 0.3 is 11.7 Å². The van der Waals surface area contributed by atoms with Crippen LogP contribution in [0.25, 0.3) is 5.53 Å². The Balaban J connectivity index is 4.88. The van der Waals surface area contributed by atoms with Crippen molar-refractivity contribution in [3.63, 3.8) is 0 Å². The Morgan fingerprint density at radius 3 is 2.26 bits per heavy atom. The molecule has 0 rings (SSSR count). The van der Waals surface area contributed by atoms with Crippen LogP contribution in [0.3, 0.4) is 0 Å². The van der Waals surface area contributed by atoms with Crippen LogP contribution in [0.2, 0.25) is 0 Å². The molecule has 0 bridgehead atoms. The molecule has 0 atom stereocenters. The van der Waals surface area contributed by atoms with Crippen LogP contribution in [0.5, 0.6) is 0 Å². The third kappa shape index (κ3) is 6.64.